The number of hydrogen-bond acceptors (Lipinski definition) is 1. The fourth-order valence-electron chi connectivity index (χ4n) is 4.61. The van der Waals surface area contributed by atoms with Gasteiger partial charge in [-0.3, -0.25) is 0 Å². The fourth-order valence-corrected chi connectivity index (χ4v) is 4.61. The molecule has 1 nitrogen and oxygen atoms in total. The van der Waals surface area contributed by atoms with Crippen molar-refractivity contribution >= 4 is 0 Å². The highest BCUT2D eigenvalue weighted by molar-refractivity contribution is 5.40. The molecule has 0 aliphatic heterocycles. The van der Waals surface area contributed by atoms with Gasteiger partial charge in [0.25, 0.3) is 0 Å². The van der Waals surface area contributed by atoms with Crippen LogP contribution in [0.4, 0.5) is 0 Å². The highest BCUT2D eigenvalue weighted by atomic mass is 15.1. The highest BCUT2D eigenvalue weighted by Gasteiger charge is 2.39. The van der Waals surface area contributed by atoms with Crippen molar-refractivity contribution in [3.8, 4) is 0 Å². The Hall–Kier alpha value is -2.64. The van der Waals surface area contributed by atoms with Crippen molar-refractivity contribution in [2.45, 2.75) is 23.8 Å². The summed E-state index contributed by atoms with van der Waals surface area (Å²) in [5.74, 6) is 1.16. The number of nitrogens with zero attached hydrogens (tertiary/aromatic N) is 1. The van der Waals surface area contributed by atoms with E-state index in [1.165, 1.54) is 16.7 Å². The molecule has 1 aliphatic rings. The Morgan fingerprint density at radius 1 is 0.519 bits per heavy atom. The van der Waals surface area contributed by atoms with Crippen LogP contribution in [0.1, 0.15) is 34.4 Å². The van der Waals surface area contributed by atoms with E-state index in [0.29, 0.717) is 23.8 Å². The van der Waals surface area contributed by atoms with Crippen molar-refractivity contribution in [3.05, 3.63) is 120 Å². The zero-order valence-corrected chi connectivity index (χ0v) is 16.1. The van der Waals surface area contributed by atoms with Crippen molar-refractivity contribution < 1.29 is 0 Å². The van der Waals surface area contributed by atoms with E-state index in [2.05, 4.69) is 122 Å². The van der Waals surface area contributed by atoms with E-state index in [4.69, 9.17) is 0 Å². The topological polar surface area (TPSA) is 3.24 Å². The van der Waals surface area contributed by atoms with E-state index in [9.17, 15) is 0 Å². The SMILES string of the molecule is CN(C)[C@@H]1[C@@H](c2ccccc2)[C@@H](c2ccccc2)C=C[C@H]1c1ccccc1. The van der Waals surface area contributed by atoms with E-state index in [1.54, 1.807) is 0 Å². The van der Waals surface area contributed by atoms with Gasteiger partial charge < -0.3 is 4.90 Å². The van der Waals surface area contributed by atoms with Gasteiger partial charge in [-0.15, -0.1) is 0 Å². The van der Waals surface area contributed by atoms with Crippen molar-refractivity contribution in [1.29, 1.82) is 0 Å². The van der Waals surface area contributed by atoms with Crippen molar-refractivity contribution in [3.63, 3.8) is 0 Å². The molecule has 0 amide bonds. The third-order valence-corrected chi connectivity index (χ3v) is 5.80. The summed E-state index contributed by atoms with van der Waals surface area (Å²) < 4.78 is 0. The van der Waals surface area contributed by atoms with Crippen LogP contribution in [0, 0.1) is 0 Å². The summed E-state index contributed by atoms with van der Waals surface area (Å²) in [6.45, 7) is 0. The fraction of sp³-hybridized carbons (Fsp3) is 0.231. The molecule has 3 aromatic carbocycles. The standard InChI is InChI=1S/C26H27N/c1-27(2)26-24(21-14-8-4-9-15-21)19-18-23(20-12-6-3-7-13-20)25(26)22-16-10-5-11-17-22/h3-19,23-26H,1-2H3/t23-,24+,25+,26+/m1/s1. The van der Waals surface area contributed by atoms with Gasteiger partial charge in [-0.05, 0) is 30.8 Å². The lowest BCUT2D eigenvalue weighted by Crippen LogP contribution is -2.42. The minimum Gasteiger partial charge on any atom is -0.305 e. The molecule has 27 heavy (non-hydrogen) atoms. The predicted molar refractivity (Wildman–Crippen MR) is 114 cm³/mol. The Labute approximate surface area is 163 Å². The molecule has 4 rings (SSSR count). The minimum absolute atomic E-state index is 0.376. The summed E-state index contributed by atoms with van der Waals surface area (Å²) in [6, 6.07) is 33.3. The molecule has 0 spiro atoms. The molecule has 1 heteroatoms. The summed E-state index contributed by atoms with van der Waals surface area (Å²) in [5.41, 5.74) is 4.19. The van der Waals surface area contributed by atoms with Gasteiger partial charge >= 0.3 is 0 Å². The maximum absolute atomic E-state index is 2.44. The number of hydrogen-bond donors (Lipinski definition) is 0. The zero-order chi connectivity index (χ0) is 18.6. The summed E-state index contributed by atoms with van der Waals surface area (Å²) >= 11 is 0. The average Bonchev–Trinajstić information content (AvgIpc) is 2.74. The second-order valence-electron chi connectivity index (χ2n) is 7.65. The normalized spacial score (nSPS) is 24.9. The molecule has 0 saturated carbocycles. The molecule has 0 saturated heterocycles. The molecule has 1 aliphatic carbocycles. The molecule has 136 valence electrons. The summed E-state index contributed by atoms with van der Waals surface area (Å²) in [6.07, 6.45) is 4.86. The number of benzene rings is 3. The van der Waals surface area contributed by atoms with Gasteiger partial charge in [0, 0.05) is 23.8 Å². The summed E-state index contributed by atoms with van der Waals surface area (Å²) in [4.78, 5) is 2.41. The number of allylic oxidation sites excluding steroid dienone is 1. The number of rotatable bonds is 4. The van der Waals surface area contributed by atoms with Gasteiger partial charge in [-0.1, -0.05) is 103 Å². The first kappa shape index (κ1) is 17.8. The Bertz CT molecular complexity index is 868. The average molecular weight is 354 g/mol. The van der Waals surface area contributed by atoms with E-state index in [0.717, 1.165) is 0 Å². The number of likely N-dealkylation sites (N-methyl/N-ethyl adjacent to an activating group) is 1. The van der Waals surface area contributed by atoms with E-state index >= 15 is 0 Å². The van der Waals surface area contributed by atoms with E-state index in [-0.39, 0.29) is 0 Å². The third-order valence-electron chi connectivity index (χ3n) is 5.80. The Morgan fingerprint density at radius 2 is 0.926 bits per heavy atom. The Balaban J connectivity index is 1.85. The smallest absolute Gasteiger partial charge is 0.0270 e. The predicted octanol–water partition coefficient (Wildman–Crippen LogP) is 5.84. The van der Waals surface area contributed by atoms with Crippen LogP contribution in [-0.4, -0.2) is 25.0 Å². The Morgan fingerprint density at radius 3 is 1.41 bits per heavy atom. The van der Waals surface area contributed by atoms with Crippen LogP contribution in [-0.2, 0) is 0 Å². The maximum Gasteiger partial charge on any atom is 0.0270 e. The lowest BCUT2D eigenvalue weighted by Gasteiger charge is -2.44. The van der Waals surface area contributed by atoms with E-state index in [1.807, 2.05) is 0 Å². The molecule has 0 radical (unpaired) electrons. The molecule has 0 bridgehead atoms. The van der Waals surface area contributed by atoms with Crippen molar-refractivity contribution in [1.82, 2.24) is 4.90 Å². The first-order chi connectivity index (χ1) is 13.3. The summed E-state index contributed by atoms with van der Waals surface area (Å²) in [5, 5.41) is 0. The van der Waals surface area contributed by atoms with Crippen LogP contribution < -0.4 is 0 Å². The van der Waals surface area contributed by atoms with Gasteiger partial charge in [0.1, 0.15) is 0 Å². The third kappa shape index (κ3) is 3.61. The maximum atomic E-state index is 2.44. The second kappa shape index (κ2) is 7.94. The zero-order valence-electron chi connectivity index (χ0n) is 16.1. The van der Waals surface area contributed by atoms with Crippen molar-refractivity contribution in [2.75, 3.05) is 14.1 Å². The van der Waals surface area contributed by atoms with Crippen LogP contribution in [0.3, 0.4) is 0 Å². The van der Waals surface area contributed by atoms with Crippen LogP contribution in [0.5, 0.6) is 0 Å². The molecule has 4 atom stereocenters. The van der Waals surface area contributed by atoms with Gasteiger partial charge in [-0.2, -0.15) is 0 Å². The molecule has 0 N–H and O–H groups in total. The van der Waals surface area contributed by atoms with Crippen molar-refractivity contribution in [2.24, 2.45) is 0 Å². The van der Waals surface area contributed by atoms with Crippen LogP contribution in [0.25, 0.3) is 0 Å². The van der Waals surface area contributed by atoms with Crippen LogP contribution in [0.15, 0.2) is 103 Å². The first-order valence-electron chi connectivity index (χ1n) is 9.75. The lowest BCUT2D eigenvalue weighted by molar-refractivity contribution is 0.215. The van der Waals surface area contributed by atoms with Gasteiger partial charge in [0.2, 0.25) is 0 Å². The lowest BCUT2D eigenvalue weighted by atomic mass is 9.67. The van der Waals surface area contributed by atoms with Crippen LogP contribution >= 0.6 is 0 Å². The van der Waals surface area contributed by atoms with Gasteiger partial charge in [0.05, 0.1) is 0 Å². The molecule has 3 aromatic rings. The first-order valence-corrected chi connectivity index (χ1v) is 9.75. The molecule has 0 unspecified atom stereocenters. The van der Waals surface area contributed by atoms with E-state index < -0.39 is 0 Å². The quantitative estimate of drug-likeness (QED) is 0.533. The largest absolute Gasteiger partial charge is 0.305 e. The second-order valence-corrected chi connectivity index (χ2v) is 7.65. The molecule has 0 fully saturated rings. The Kier molecular flexibility index (Phi) is 5.22. The summed E-state index contributed by atoms with van der Waals surface area (Å²) in [7, 11) is 4.44. The molecule has 0 heterocycles. The van der Waals surface area contributed by atoms with Crippen LogP contribution in [0.2, 0.25) is 0 Å². The van der Waals surface area contributed by atoms with Gasteiger partial charge in [-0.25, -0.2) is 0 Å². The van der Waals surface area contributed by atoms with Gasteiger partial charge in [0.15, 0.2) is 0 Å². The highest BCUT2D eigenvalue weighted by Crippen LogP contribution is 2.47. The molecule has 0 aromatic heterocycles. The monoisotopic (exact) mass is 353 g/mol. The molecular weight excluding hydrogens is 326 g/mol. The minimum atomic E-state index is 0.376. The molecular formula is C26H27N.